The van der Waals surface area contributed by atoms with Crippen molar-refractivity contribution < 1.29 is 0 Å². The molecule has 3 rings (SSSR count). The largest absolute Gasteiger partial charge is 0.364 e. The predicted molar refractivity (Wildman–Crippen MR) is 99.4 cm³/mol. The molecule has 0 saturated carbocycles. The van der Waals surface area contributed by atoms with E-state index in [1.54, 1.807) is 11.3 Å². The molecule has 2 heterocycles. The minimum absolute atomic E-state index is 0.696. The van der Waals surface area contributed by atoms with Crippen LogP contribution in [-0.4, -0.2) is 15.0 Å². The third-order valence-corrected chi connectivity index (χ3v) is 4.73. The van der Waals surface area contributed by atoms with E-state index in [0.29, 0.717) is 6.54 Å². The zero-order valence-corrected chi connectivity index (χ0v) is 14.9. The van der Waals surface area contributed by atoms with E-state index in [9.17, 15) is 0 Å². The fraction of sp³-hybridized carbons (Fsp3) is 0.316. The van der Waals surface area contributed by atoms with Crippen molar-refractivity contribution in [2.75, 3.05) is 5.32 Å². The lowest BCUT2D eigenvalue weighted by Crippen LogP contribution is -2.05. The first kappa shape index (κ1) is 16.6. The molecule has 3 aromatic rings. The third-order valence-electron chi connectivity index (χ3n) is 3.77. The molecule has 0 saturated heterocycles. The van der Waals surface area contributed by atoms with Crippen LogP contribution in [0.15, 0.2) is 41.8 Å². The molecule has 0 unspecified atom stereocenters. The van der Waals surface area contributed by atoms with Crippen molar-refractivity contribution in [1.29, 1.82) is 0 Å². The maximum Gasteiger partial charge on any atom is 0.130 e. The van der Waals surface area contributed by atoms with Gasteiger partial charge in [0.05, 0.1) is 17.2 Å². The van der Waals surface area contributed by atoms with Crippen LogP contribution in [-0.2, 0) is 25.8 Å². The lowest BCUT2D eigenvalue weighted by Gasteiger charge is -2.06. The summed E-state index contributed by atoms with van der Waals surface area (Å²) in [6, 6.07) is 12.6. The molecular weight excluding hydrogens is 316 g/mol. The molecule has 0 amide bonds. The molecule has 0 aliphatic carbocycles. The molecule has 0 aliphatic heterocycles. The molecule has 0 spiro atoms. The van der Waals surface area contributed by atoms with Gasteiger partial charge in [0.1, 0.15) is 11.6 Å². The molecule has 0 bridgehead atoms. The van der Waals surface area contributed by atoms with E-state index >= 15 is 0 Å². The summed E-state index contributed by atoms with van der Waals surface area (Å²) in [7, 11) is 0. The van der Waals surface area contributed by atoms with E-state index in [2.05, 4.69) is 57.9 Å². The quantitative estimate of drug-likeness (QED) is 0.701. The van der Waals surface area contributed by atoms with Crippen molar-refractivity contribution in [3.8, 4) is 0 Å². The highest BCUT2D eigenvalue weighted by molar-refractivity contribution is 7.09. The fourth-order valence-electron chi connectivity index (χ4n) is 2.52. The molecule has 0 radical (unpaired) electrons. The Bertz CT molecular complexity index is 783. The van der Waals surface area contributed by atoms with Gasteiger partial charge in [0, 0.05) is 23.6 Å². The van der Waals surface area contributed by atoms with E-state index < -0.39 is 0 Å². The first-order valence-electron chi connectivity index (χ1n) is 8.28. The van der Waals surface area contributed by atoms with Crippen LogP contribution in [0.5, 0.6) is 0 Å². The third kappa shape index (κ3) is 4.61. The molecule has 0 fully saturated rings. The molecule has 4 nitrogen and oxygen atoms in total. The average molecular weight is 338 g/mol. The van der Waals surface area contributed by atoms with E-state index in [-0.39, 0.29) is 0 Å². The summed E-state index contributed by atoms with van der Waals surface area (Å²) in [5.41, 5.74) is 3.49. The number of hydrogen-bond donors (Lipinski definition) is 1. The lowest BCUT2D eigenvalue weighted by molar-refractivity contribution is 0.914. The number of benzene rings is 1. The number of hydrogen-bond acceptors (Lipinski definition) is 5. The van der Waals surface area contributed by atoms with Crippen LogP contribution in [0, 0.1) is 6.92 Å². The molecular formula is C19H22N4S. The van der Waals surface area contributed by atoms with Crippen LogP contribution in [0.25, 0.3) is 0 Å². The number of aromatic nitrogens is 3. The number of nitrogens with zero attached hydrogens (tertiary/aromatic N) is 3. The number of aryl methyl sites for hydroxylation is 4. The van der Waals surface area contributed by atoms with Crippen LogP contribution in [0.2, 0.25) is 0 Å². The van der Waals surface area contributed by atoms with Gasteiger partial charge in [0.25, 0.3) is 0 Å². The number of nitrogens with one attached hydrogen (secondary N) is 1. The Balaban J connectivity index is 1.55. The zero-order chi connectivity index (χ0) is 16.8. The van der Waals surface area contributed by atoms with Crippen LogP contribution in [0.4, 0.5) is 5.82 Å². The highest BCUT2D eigenvalue weighted by Gasteiger charge is 2.05. The summed E-state index contributed by atoms with van der Waals surface area (Å²) in [5, 5.41) is 6.67. The molecule has 0 aliphatic rings. The summed E-state index contributed by atoms with van der Waals surface area (Å²) in [6.07, 6.45) is 2.94. The summed E-state index contributed by atoms with van der Waals surface area (Å²) >= 11 is 1.73. The summed E-state index contributed by atoms with van der Waals surface area (Å²) in [4.78, 5) is 13.6. The van der Waals surface area contributed by atoms with E-state index in [1.165, 1.54) is 10.6 Å². The maximum absolute atomic E-state index is 4.72. The molecule has 24 heavy (non-hydrogen) atoms. The van der Waals surface area contributed by atoms with Crippen molar-refractivity contribution in [2.45, 2.75) is 39.7 Å². The lowest BCUT2D eigenvalue weighted by atomic mass is 10.1. The molecule has 1 aromatic carbocycles. The normalized spacial score (nSPS) is 10.8. The van der Waals surface area contributed by atoms with E-state index in [4.69, 9.17) is 4.98 Å². The van der Waals surface area contributed by atoms with Crippen molar-refractivity contribution in [2.24, 2.45) is 0 Å². The minimum atomic E-state index is 0.696. The SMILES string of the molecule is CCc1cc(NCc2csc(CCc3ccccc3)n2)nc(C)n1. The smallest absolute Gasteiger partial charge is 0.130 e. The Labute approximate surface area is 147 Å². The van der Waals surface area contributed by atoms with Gasteiger partial charge in [-0.2, -0.15) is 0 Å². The van der Waals surface area contributed by atoms with Gasteiger partial charge in [0.2, 0.25) is 0 Å². The van der Waals surface area contributed by atoms with Gasteiger partial charge >= 0.3 is 0 Å². The van der Waals surface area contributed by atoms with Crippen molar-refractivity contribution in [1.82, 2.24) is 15.0 Å². The highest BCUT2D eigenvalue weighted by Crippen LogP contribution is 2.15. The second-order valence-corrected chi connectivity index (χ2v) is 6.66. The van der Waals surface area contributed by atoms with Crippen molar-refractivity contribution >= 4 is 17.2 Å². The highest BCUT2D eigenvalue weighted by atomic mass is 32.1. The number of thiazole rings is 1. The average Bonchev–Trinajstić information content (AvgIpc) is 3.06. The van der Waals surface area contributed by atoms with Crippen LogP contribution in [0.1, 0.15) is 34.7 Å². The van der Waals surface area contributed by atoms with Gasteiger partial charge < -0.3 is 5.32 Å². The van der Waals surface area contributed by atoms with Gasteiger partial charge in [-0.15, -0.1) is 11.3 Å². The van der Waals surface area contributed by atoms with Gasteiger partial charge in [-0.1, -0.05) is 37.3 Å². The number of rotatable bonds is 7. The maximum atomic E-state index is 4.72. The van der Waals surface area contributed by atoms with Crippen molar-refractivity contribution in [3.05, 3.63) is 69.6 Å². The molecule has 5 heteroatoms. The standard InChI is InChI=1S/C19H22N4S/c1-3-16-11-18(22-14(2)21-16)20-12-17-13-24-19(23-17)10-9-15-7-5-4-6-8-15/h4-8,11,13H,3,9-10,12H2,1-2H3,(H,20,21,22). The van der Waals surface area contributed by atoms with Gasteiger partial charge in [-0.25, -0.2) is 15.0 Å². The van der Waals surface area contributed by atoms with Crippen molar-refractivity contribution in [3.63, 3.8) is 0 Å². The predicted octanol–water partition coefficient (Wildman–Crippen LogP) is 4.20. The second kappa shape index (κ2) is 8.02. The van der Waals surface area contributed by atoms with Crippen LogP contribution >= 0.6 is 11.3 Å². The Hall–Kier alpha value is -2.27. The van der Waals surface area contributed by atoms with Gasteiger partial charge in [0.15, 0.2) is 0 Å². The van der Waals surface area contributed by atoms with Crippen LogP contribution < -0.4 is 5.32 Å². The first-order chi connectivity index (χ1) is 11.7. The van der Waals surface area contributed by atoms with E-state index in [0.717, 1.165) is 42.3 Å². The monoisotopic (exact) mass is 338 g/mol. The summed E-state index contributed by atoms with van der Waals surface area (Å²) in [6.45, 7) is 4.72. The first-order valence-corrected chi connectivity index (χ1v) is 9.16. The Morgan fingerprint density at radius 1 is 1.00 bits per heavy atom. The van der Waals surface area contributed by atoms with Gasteiger partial charge in [-0.3, -0.25) is 0 Å². The molecule has 2 aromatic heterocycles. The summed E-state index contributed by atoms with van der Waals surface area (Å²) in [5.74, 6) is 1.68. The second-order valence-electron chi connectivity index (χ2n) is 5.72. The Morgan fingerprint density at radius 3 is 2.62 bits per heavy atom. The molecule has 124 valence electrons. The minimum Gasteiger partial charge on any atom is -0.364 e. The number of anilines is 1. The Kier molecular flexibility index (Phi) is 5.54. The fourth-order valence-corrected chi connectivity index (χ4v) is 3.32. The Morgan fingerprint density at radius 2 is 1.83 bits per heavy atom. The molecule has 0 atom stereocenters. The topological polar surface area (TPSA) is 50.7 Å². The molecule has 1 N–H and O–H groups in total. The van der Waals surface area contributed by atoms with Gasteiger partial charge in [-0.05, 0) is 25.3 Å². The van der Waals surface area contributed by atoms with E-state index in [1.807, 2.05) is 13.0 Å². The zero-order valence-electron chi connectivity index (χ0n) is 14.1. The summed E-state index contributed by atoms with van der Waals surface area (Å²) < 4.78 is 0. The van der Waals surface area contributed by atoms with Crippen LogP contribution in [0.3, 0.4) is 0 Å².